The Morgan fingerprint density at radius 1 is 1.43 bits per heavy atom. The zero-order chi connectivity index (χ0) is 19.7. The Morgan fingerprint density at radius 2 is 2.14 bits per heavy atom. The van der Waals surface area contributed by atoms with Gasteiger partial charge in [0.2, 0.25) is 5.91 Å². The van der Waals surface area contributed by atoms with Crippen molar-refractivity contribution < 1.29 is 58.6 Å². The van der Waals surface area contributed by atoms with E-state index < -0.39 is 35.3 Å². The molecule has 2 atom stereocenters. The second-order valence-corrected chi connectivity index (χ2v) is 7.65. The number of β-lactam (4-membered cyclic amide) rings is 1. The molecule has 14 heteroatoms. The standard InChI is InChI=1S/C14H15N5O6S2.Na/c15-13-17-6(4-27-13)1-7(20)18-8-10(21)19-9(12(22)23)5(2-25-14(16)24)3-26-11(8)19;/h4,8,11H,1-3H2,(H2,15,17)(H2,16,24)(H,18,20)(H,22,23);/q;+1/p-1/t8?,11-;/m1./s1. The van der Waals surface area contributed by atoms with E-state index in [0.717, 1.165) is 4.90 Å². The van der Waals surface area contributed by atoms with Crippen LogP contribution in [0.15, 0.2) is 16.7 Å². The zero-order valence-electron chi connectivity index (χ0n) is 14.7. The van der Waals surface area contributed by atoms with Gasteiger partial charge in [-0.05, 0) is 0 Å². The molecule has 1 unspecified atom stereocenters. The van der Waals surface area contributed by atoms with Crippen molar-refractivity contribution in [3.8, 4) is 0 Å². The number of hydrogen-bond acceptors (Lipinski definition) is 10. The van der Waals surface area contributed by atoms with E-state index in [0.29, 0.717) is 10.8 Å². The Labute approximate surface area is 189 Å². The first-order valence-corrected chi connectivity index (χ1v) is 9.50. The fourth-order valence-electron chi connectivity index (χ4n) is 2.73. The molecule has 11 nitrogen and oxygen atoms in total. The molecular formula is C14H14N5NaO6S2. The van der Waals surface area contributed by atoms with Crippen LogP contribution >= 0.6 is 23.1 Å². The number of primary amides is 1. The number of thiazole rings is 1. The average Bonchev–Trinajstić information content (AvgIpc) is 3.01. The molecule has 0 spiro atoms. The molecule has 3 rings (SSSR count). The van der Waals surface area contributed by atoms with Gasteiger partial charge < -0.3 is 31.4 Å². The second-order valence-electron chi connectivity index (χ2n) is 5.66. The monoisotopic (exact) mass is 435 g/mol. The first kappa shape index (κ1) is 22.5. The molecule has 0 bridgehead atoms. The molecule has 28 heavy (non-hydrogen) atoms. The molecule has 3 heterocycles. The molecule has 2 aliphatic heterocycles. The molecule has 0 aliphatic carbocycles. The second kappa shape index (κ2) is 9.13. The number of carboxylic acid groups (broad SMARTS) is 1. The van der Waals surface area contributed by atoms with Crippen molar-refractivity contribution in [2.24, 2.45) is 5.73 Å². The van der Waals surface area contributed by atoms with Crippen molar-refractivity contribution in [3.05, 3.63) is 22.3 Å². The zero-order valence-corrected chi connectivity index (χ0v) is 18.3. The van der Waals surface area contributed by atoms with Crippen LogP contribution in [0.4, 0.5) is 9.93 Å². The van der Waals surface area contributed by atoms with Crippen LogP contribution in [0, 0.1) is 0 Å². The number of amides is 3. The summed E-state index contributed by atoms with van der Waals surface area (Å²) in [5.74, 6) is -2.41. The number of ether oxygens (including phenoxy) is 1. The summed E-state index contributed by atoms with van der Waals surface area (Å²) in [7, 11) is 0. The van der Waals surface area contributed by atoms with Crippen LogP contribution in [0.25, 0.3) is 0 Å². The predicted octanol–water partition coefficient (Wildman–Crippen LogP) is -5.23. The fourth-order valence-corrected chi connectivity index (χ4v) is 4.62. The van der Waals surface area contributed by atoms with Gasteiger partial charge in [0.15, 0.2) is 5.13 Å². The van der Waals surface area contributed by atoms with Gasteiger partial charge in [-0.2, -0.15) is 0 Å². The molecule has 1 aromatic heterocycles. The molecule has 2 aliphatic rings. The third-order valence-corrected chi connectivity index (χ3v) is 5.92. The van der Waals surface area contributed by atoms with E-state index in [2.05, 4.69) is 15.0 Å². The molecule has 1 aromatic rings. The van der Waals surface area contributed by atoms with Crippen molar-refractivity contribution in [1.82, 2.24) is 15.2 Å². The minimum absolute atomic E-state index is 0. The summed E-state index contributed by atoms with van der Waals surface area (Å²) in [6.45, 7) is -0.357. The summed E-state index contributed by atoms with van der Waals surface area (Å²) in [6, 6.07) is -0.869. The number of carboxylic acids is 1. The quantitative estimate of drug-likeness (QED) is 0.290. The average molecular weight is 435 g/mol. The predicted molar refractivity (Wildman–Crippen MR) is 92.8 cm³/mol. The summed E-state index contributed by atoms with van der Waals surface area (Å²) in [6.07, 6.45) is -1.11. The van der Waals surface area contributed by atoms with Gasteiger partial charge in [0.25, 0.3) is 5.91 Å². The topological polar surface area (TPSA) is 181 Å². The number of nitrogens with one attached hydrogen (secondary N) is 1. The van der Waals surface area contributed by atoms with E-state index in [1.165, 1.54) is 23.1 Å². The minimum Gasteiger partial charge on any atom is -0.543 e. The Hall–Kier alpha value is -1.80. The number of carbonyl (C=O) groups excluding carboxylic acids is 4. The number of rotatable bonds is 6. The maximum atomic E-state index is 12.4. The van der Waals surface area contributed by atoms with Crippen LogP contribution in [0.1, 0.15) is 5.69 Å². The van der Waals surface area contributed by atoms with Crippen molar-refractivity contribution in [2.45, 2.75) is 17.8 Å². The Balaban J connectivity index is 0.00000280. The number of fused-ring (bicyclic) bond motifs is 1. The van der Waals surface area contributed by atoms with Gasteiger partial charge in [-0.25, -0.2) is 9.78 Å². The normalized spacial score (nSPS) is 20.6. The van der Waals surface area contributed by atoms with Crippen LogP contribution in [0.2, 0.25) is 0 Å². The Morgan fingerprint density at radius 3 is 2.71 bits per heavy atom. The van der Waals surface area contributed by atoms with Gasteiger partial charge in [0.05, 0.1) is 23.8 Å². The van der Waals surface area contributed by atoms with Gasteiger partial charge in [-0.15, -0.1) is 23.1 Å². The first-order valence-electron chi connectivity index (χ1n) is 7.57. The number of aliphatic carboxylic acids is 1. The van der Waals surface area contributed by atoms with E-state index >= 15 is 0 Å². The van der Waals surface area contributed by atoms with Crippen molar-refractivity contribution >= 4 is 52.1 Å². The first-order chi connectivity index (χ1) is 12.8. The molecule has 0 radical (unpaired) electrons. The molecule has 1 fully saturated rings. The molecule has 0 aromatic carbocycles. The number of carbonyl (C=O) groups is 4. The fraction of sp³-hybridized carbons (Fsp3) is 0.357. The van der Waals surface area contributed by atoms with Gasteiger partial charge >= 0.3 is 35.7 Å². The number of nitrogens with two attached hydrogens (primary N) is 2. The summed E-state index contributed by atoms with van der Waals surface area (Å²) in [5.41, 5.74) is 10.7. The number of nitrogens with zero attached hydrogens (tertiary/aromatic N) is 2. The molecule has 0 saturated carbocycles. The largest absolute Gasteiger partial charge is 1.00 e. The van der Waals surface area contributed by atoms with Crippen molar-refractivity contribution in [3.63, 3.8) is 0 Å². The maximum absolute atomic E-state index is 12.4. The minimum atomic E-state index is -1.57. The van der Waals surface area contributed by atoms with Gasteiger partial charge in [-0.1, -0.05) is 0 Å². The number of aromatic nitrogens is 1. The molecular weight excluding hydrogens is 421 g/mol. The third-order valence-electron chi connectivity index (χ3n) is 3.86. The number of hydrogen-bond donors (Lipinski definition) is 3. The number of nitrogen functional groups attached to an aromatic ring is 1. The van der Waals surface area contributed by atoms with Gasteiger partial charge in [-0.3, -0.25) is 14.5 Å². The smallest absolute Gasteiger partial charge is 0.543 e. The molecule has 144 valence electrons. The maximum Gasteiger partial charge on any atom is 1.00 e. The van der Waals surface area contributed by atoms with E-state index in [4.69, 9.17) is 11.5 Å². The van der Waals surface area contributed by atoms with E-state index in [-0.39, 0.29) is 59.6 Å². The molecule has 3 amide bonds. The van der Waals surface area contributed by atoms with Crippen LogP contribution in [0.3, 0.4) is 0 Å². The van der Waals surface area contributed by atoms with Crippen LogP contribution in [-0.2, 0) is 25.5 Å². The van der Waals surface area contributed by atoms with Crippen molar-refractivity contribution in [1.29, 1.82) is 0 Å². The summed E-state index contributed by atoms with van der Waals surface area (Å²) < 4.78 is 4.62. The van der Waals surface area contributed by atoms with E-state index in [1.54, 1.807) is 5.38 Å². The SMILES string of the molecule is NC(=O)OCC1=C(C(=O)[O-])N2C(=O)C(NC(=O)Cc3csc(N)n3)[C@H]2SC1.[Na+]. The van der Waals surface area contributed by atoms with Crippen molar-refractivity contribution in [2.75, 3.05) is 18.1 Å². The van der Waals surface area contributed by atoms with Gasteiger partial charge in [0, 0.05) is 16.7 Å². The number of thioether (sulfide) groups is 1. The number of anilines is 1. The summed E-state index contributed by atoms with van der Waals surface area (Å²) in [4.78, 5) is 51.7. The van der Waals surface area contributed by atoms with Crippen LogP contribution < -0.4 is 51.4 Å². The summed E-state index contributed by atoms with van der Waals surface area (Å²) in [5, 5.41) is 15.4. The molecule has 1 saturated heterocycles. The molecule has 5 N–H and O–H groups in total. The van der Waals surface area contributed by atoms with Gasteiger partial charge in [0.1, 0.15) is 18.0 Å². The Kier molecular flexibility index (Phi) is 7.33. The third kappa shape index (κ3) is 4.60. The van der Waals surface area contributed by atoms with E-state index in [9.17, 15) is 24.3 Å². The summed E-state index contributed by atoms with van der Waals surface area (Å²) >= 11 is 2.43. The Bertz CT molecular complexity index is 859. The van der Waals surface area contributed by atoms with Crippen LogP contribution in [-0.4, -0.2) is 57.5 Å². The van der Waals surface area contributed by atoms with Crippen LogP contribution in [0.5, 0.6) is 0 Å². The van der Waals surface area contributed by atoms with E-state index in [1.807, 2.05) is 0 Å².